The number of aliphatic imine (C=N–C) groups is 2. The van der Waals surface area contributed by atoms with Crippen LogP contribution in [0.2, 0.25) is 0 Å². The van der Waals surface area contributed by atoms with E-state index in [2.05, 4.69) is 28.9 Å². The predicted octanol–water partition coefficient (Wildman–Crippen LogP) is 0.672. The van der Waals surface area contributed by atoms with Crippen LogP contribution in [-0.4, -0.2) is 26.3 Å². The van der Waals surface area contributed by atoms with Crippen molar-refractivity contribution in [1.82, 2.24) is 5.32 Å². The third kappa shape index (κ3) is 7.14. The van der Waals surface area contributed by atoms with E-state index < -0.39 is 0 Å². The smallest absolute Gasteiger partial charge is 0.130 e. The zero-order valence-corrected chi connectivity index (χ0v) is 5.80. The molecule has 0 fully saturated rings. The molecule has 0 rings (SSSR count). The number of hydrogen-bond donors (Lipinski definition) is 1. The molecule has 0 spiro atoms. The van der Waals surface area contributed by atoms with Gasteiger partial charge in [-0.25, -0.2) is 0 Å². The van der Waals surface area contributed by atoms with Crippen LogP contribution in [0.1, 0.15) is 13.3 Å². The Morgan fingerprint density at radius 3 is 3.00 bits per heavy atom. The van der Waals surface area contributed by atoms with Crippen LogP contribution in [0.4, 0.5) is 0 Å². The Bertz CT molecular complexity index is 88.3. The molecule has 0 aromatic carbocycles. The van der Waals surface area contributed by atoms with Crippen molar-refractivity contribution < 1.29 is 0 Å². The first-order valence-electron chi connectivity index (χ1n) is 3.06. The third-order valence-corrected chi connectivity index (χ3v) is 0.759. The minimum Gasteiger partial charge on any atom is -0.376 e. The summed E-state index contributed by atoms with van der Waals surface area (Å²) in [5.41, 5.74) is 0. The van der Waals surface area contributed by atoms with Gasteiger partial charge in [-0.3, -0.25) is 9.98 Å². The molecule has 0 aliphatic rings. The van der Waals surface area contributed by atoms with Crippen molar-refractivity contribution in [3.63, 3.8) is 0 Å². The first-order chi connectivity index (χ1) is 4.41. The highest BCUT2D eigenvalue weighted by atomic mass is 15.0. The van der Waals surface area contributed by atoms with Gasteiger partial charge in [-0.05, 0) is 13.1 Å². The van der Waals surface area contributed by atoms with Crippen molar-refractivity contribution in [3.05, 3.63) is 0 Å². The number of rotatable bonds is 5. The average Bonchev–Trinajstić information content (AvgIpc) is 1.89. The van der Waals surface area contributed by atoms with E-state index in [0.29, 0.717) is 6.67 Å². The van der Waals surface area contributed by atoms with Gasteiger partial charge >= 0.3 is 0 Å². The lowest BCUT2D eigenvalue weighted by atomic mass is 10.5. The summed E-state index contributed by atoms with van der Waals surface area (Å²) in [6.45, 7) is 6.82. The van der Waals surface area contributed by atoms with E-state index in [-0.39, 0.29) is 0 Å². The summed E-state index contributed by atoms with van der Waals surface area (Å²) < 4.78 is 0. The molecule has 0 bridgehead atoms. The fourth-order valence-corrected chi connectivity index (χ4v) is 0.372. The second-order valence-electron chi connectivity index (χ2n) is 1.63. The predicted molar refractivity (Wildman–Crippen MR) is 41.2 cm³/mol. The second-order valence-corrected chi connectivity index (χ2v) is 1.63. The van der Waals surface area contributed by atoms with E-state index in [1.807, 2.05) is 0 Å². The molecule has 1 N–H and O–H groups in total. The van der Waals surface area contributed by atoms with E-state index in [1.54, 1.807) is 6.34 Å². The van der Waals surface area contributed by atoms with Gasteiger partial charge in [0.2, 0.25) is 0 Å². The van der Waals surface area contributed by atoms with E-state index in [0.717, 1.165) is 13.0 Å². The maximum Gasteiger partial charge on any atom is 0.130 e. The molecule has 52 valence electrons. The summed E-state index contributed by atoms with van der Waals surface area (Å²) in [5, 5.41) is 2.99. The van der Waals surface area contributed by atoms with E-state index in [9.17, 15) is 0 Å². The quantitative estimate of drug-likeness (QED) is 0.329. The summed E-state index contributed by atoms with van der Waals surface area (Å²) in [7, 11) is 0. The molecule has 0 atom stereocenters. The standard InChI is InChI=1S/C6H13N3/c1-3-4-8-6-9-5-7-2/h6H,2-5H2,1H3,(H,8,9). The molecule has 0 aromatic heterocycles. The van der Waals surface area contributed by atoms with E-state index in [4.69, 9.17) is 0 Å². The lowest BCUT2D eigenvalue weighted by molar-refractivity contribution is 0.846. The van der Waals surface area contributed by atoms with Crippen LogP contribution in [-0.2, 0) is 0 Å². The van der Waals surface area contributed by atoms with Crippen molar-refractivity contribution in [2.75, 3.05) is 13.2 Å². The summed E-state index contributed by atoms with van der Waals surface area (Å²) in [5.74, 6) is 0. The third-order valence-electron chi connectivity index (χ3n) is 0.759. The maximum absolute atomic E-state index is 3.86. The van der Waals surface area contributed by atoms with Crippen LogP contribution in [0.5, 0.6) is 0 Å². The van der Waals surface area contributed by atoms with E-state index >= 15 is 0 Å². The minimum atomic E-state index is 0.455. The van der Waals surface area contributed by atoms with Crippen molar-refractivity contribution in [1.29, 1.82) is 0 Å². The van der Waals surface area contributed by atoms with Gasteiger partial charge in [0.15, 0.2) is 0 Å². The van der Waals surface area contributed by atoms with Gasteiger partial charge in [0.1, 0.15) is 6.67 Å². The Morgan fingerprint density at radius 1 is 1.67 bits per heavy atom. The summed E-state index contributed by atoms with van der Waals surface area (Å²) >= 11 is 0. The second kappa shape index (κ2) is 7.14. The molecule has 0 unspecified atom stereocenters. The minimum absolute atomic E-state index is 0.455. The number of hydrogen-bond acceptors (Lipinski definition) is 2. The number of nitrogens with zero attached hydrogens (tertiary/aromatic N) is 2. The Morgan fingerprint density at radius 2 is 2.44 bits per heavy atom. The molecule has 3 nitrogen and oxygen atoms in total. The molecule has 0 radical (unpaired) electrons. The first kappa shape index (κ1) is 8.14. The van der Waals surface area contributed by atoms with Crippen molar-refractivity contribution >= 4 is 13.1 Å². The van der Waals surface area contributed by atoms with Gasteiger partial charge in [-0.2, -0.15) is 0 Å². The topological polar surface area (TPSA) is 36.8 Å². The fourth-order valence-electron chi connectivity index (χ4n) is 0.372. The summed E-state index contributed by atoms with van der Waals surface area (Å²) in [4.78, 5) is 7.41. The highest BCUT2D eigenvalue weighted by Crippen LogP contribution is 1.67. The van der Waals surface area contributed by atoms with Crippen LogP contribution < -0.4 is 5.32 Å². The van der Waals surface area contributed by atoms with Gasteiger partial charge in [0, 0.05) is 6.54 Å². The zero-order chi connectivity index (χ0) is 6.95. The molecule has 0 heterocycles. The molecule has 0 aliphatic carbocycles. The first-order valence-corrected chi connectivity index (χ1v) is 3.06. The van der Waals surface area contributed by atoms with Gasteiger partial charge in [0.05, 0.1) is 6.34 Å². The largest absolute Gasteiger partial charge is 0.376 e. The highest BCUT2D eigenvalue weighted by Gasteiger charge is 1.71. The van der Waals surface area contributed by atoms with Crippen molar-refractivity contribution in [2.45, 2.75) is 13.3 Å². The maximum atomic E-state index is 3.86. The summed E-state index contributed by atoms with van der Waals surface area (Å²) in [6.07, 6.45) is 2.78. The molecule has 9 heavy (non-hydrogen) atoms. The van der Waals surface area contributed by atoms with Crippen LogP contribution in [0.15, 0.2) is 9.98 Å². The molecule has 0 saturated carbocycles. The molecular formula is C6H13N3. The van der Waals surface area contributed by atoms with Gasteiger partial charge in [0.25, 0.3) is 0 Å². The Hall–Kier alpha value is -0.860. The lowest BCUT2D eigenvalue weighted by Crippen LogP contribution is -2.11. The normalized spacial score (nSPS) is 9.89. The summed E-state index contributed by atoms with van der Waals surface area (Å²) in [6, 6.07) is 0. The monoisotopic (exact) mass is 127 g/mol. The lowest BCUT2D eigenvalue weighted by Gasteiger charge is -1.91. The SMILES string of the molecule is C=NCN=CNCCC. The molecular weight excluding hydrogens is 114 g/mol. The van der Waals surface area contributed by atoms with Gasteiger partial charge < -0.3 is 5.32 Å². The van der Waals surface area contributed by atoms with Crippen molar-refractivity contribution in [3.8, 4) is 0 Å². The van der Waals surface area contributed by atoms with Crippen LogP contribution >= 0.6 is 0 Å². The highest BCUT2D eigenvalue weighted by molar-refractivity contribution is 5.53. The van der Waals surface area contributed by atoms with Crippen LogP contribution in [0.25, 0.3) is 0 Å². The van der Waals surface area contributed by atoms with Crippen LogP contribution in [0.3, 0.4) is 0 Å². The molecule has 0 aliphatic heterocycles. The average molecular weight is 127 g/mol. The fraction of sp³-hybridized carbons (Fsp3) is 0.667. The Labute approximate surface area is 55.9 Å². The molecule has 0 amide bonds. The van der Waals surface area contributed by atoms with E-state index in [1.165, 1.54) is 0 Å². The Kier molecular flexibility index (Phi) is 6.46. The zero-order valence-electron chi connectivity index (χ0n) is 5.80. The van der Waals surface area contributed by atoms with Gasteiger partial charge in [-0.15, -0.1) is 0 Å². The number of nitrogens with one attached hydrogen (secondary N) is 1. The molecule has 0 aromatic rings. The van der Waals surface area contributed by atoms with Crippen LogP contribution in [0, 0.1) is 0 Å². The molecule has 0 saturated heterocycles. The molecule has 3 heteroatoms. The van der Waals surface area contributed by atoms with Gasteiger partial charge in [-0.1, -0.05) is 6.92 Å². The van der Waals surface area contributed by atoms with Crippen molar-refractivity contribution in [2.24, 2.45) is 9.98 Å². The Balaban J connectivity index is 2.94.